The first-order chi connectivity index (χ1) is 8.90. The molecule has 0 unspecified atom stereocenters. The molecular formula is C15H29BrO4. The maximum Gasteiger partial charge on any atom is 0.322 e. The van der Waals surface area contributed by atoms with Gasteiger partial charge < -0.3 is 14.2 Å². The summed E-state index contributed by atoms with van der Waals surface area (Å²) in [6, 6.07) is 0. The van der Waals surface area contributed by atoms with Gasteiger partial charge in [0, 0.05) is 13.5 Å². The molecule has 0 fully saturated rings. The Balaban J connectivity index is 4.00. The Labute approximate surface area is 131 Å². The van der Waals surface area contributed by atoms with Gasteiger partial charge in [-0.25, -0.2) is 0 Å². The zero-order valence-corrected chi connectivity index (χ0v) is 15.4. The van der Waals surface area contributed by atoms with Crippen molar-refractivity contribution in [3.05, 3.63) is 0 Å². The summed E-state index contributed by atoms with van der Waals surface area (Å²) in [5.41, 5.74) is -0.497. The zero-order valence-electron chi connectivity index (χ0n) is 13.8. The summed E-state index contributed by atoms with van der Waals surface area (Å²) in [4.78, 5) is 11.6. The number of alkyl halides is 1. The Bertz CT molecular complexity index is 305. The number of hydrogen-bond acceptors (Lipinski definition) is 4. The van der Waals surface area contributed by atoms with Crippen molar-refractivity contribution in [2.75, 3.05) is 20.3 Å². The van der Waals surface area contributed by atoms with Gasteiger partial charge in [-0.05, 0) is 48.0 Å². The monoisotopic (exact) mass is 352 g/mol. The van der Waals surface area contributed by atoms with E-state index in [1.807, 2.05) is 27.7 Å². The SMILES string of the molecule is COC(C)(C)CCOC(C)(C)CCOC(=O)C(C)(C)Br. The minimum absolute atomic E-state index is 0.178. The first-order valence-corrected chi connectivity index (χ1v) is 7.74. The fraction of sp³-hybridized carbons (Fsp3) is 0.933. The first-order valence-electron chi connectivity index (χ1n) is 6.95. The molecule has 0 bridgehead atoms. The summed E-state index contributed by atoms with van der Waals surface area (Å²) in [5, 5.41) is 0. The molecule has 0 N–H and O–H groups in total. The standard InChI is InChI=1S/C15H29BrO4/c1-13(2,18-7)9-11-20-14(3,4)8-10-19-12(17)15(5,6)16/h8-11H2,1-7H3. The molecular weight excluding hydrogens is 324 g/mol. The molecule has 0 aromatic carbocycles. The normalized spacial score (nSPS) is 13.4. The molecule has 4 nitrogen and oxygen atoms in total. The average Bonchev–Trinajstić information content (AvgIpc) is 2.26. The lowest BCUT2D eigenvalue weighted by Gasteiger charge is -2.29. The van der Waals surface area contributed by atoms with Crippen molar-refractivity contribution in [2.45, 2.75) is 69.9 Å². The maximum absolute atomic E-state index is 11.6. The molecule has 0 saturated heterocycles. The van der Waals surface area contributed by atoms with Crippen molar-refractivity contribution in [1.29, 1.82) is 0 Å². The Hall–Kier alpha value is -0.130. The number of carbonyl (C=O) groups excluding carboxylic acids is 1. The Kier molecular flexibility index (Phi) is 7.71. The predicted molar refractivity (Wildman–Crippen MR) is 84.3 cm³/mol. The highest BCUT2D eigenvalue weighted by molar-refractivity contribution is 9.10. The van der Waals surface area contributed by atoms with Gasteiger partial charge in [0.25, 0.3) is 0 Å². The molecule has 5 heteroatoms. The third kappa shape index (κ3) is 8.93. The highest BCUT2D eigenvalue weighted by atomic mass is 79.9. The number of rotatable bonds is 9. The Morgan fingerprint density at radius 1 is 0.950 bits per heavy atom. The molecule has 0 aromatic heterocycles. The van der Waals surface area contributed by atoms with Crippen LogP contribution < -0.4 is 0 Å². The van der Waals surface area contributed by atoms with E-state index in [1.165, 1.54) is 0 Å². The molecule has 0 spiro atoms. The fourth-order valence-corrected chi connectivity index (χ4v) is 1.42. The highest BCUT2D eigenvalue weighted by Crippen LogP contribution is 2.21. The molecule has 0 saturated carbocycles. The minimum Gasteiger partial charge on any atom is -0.465 e. The summed E-state index contributed by atoms with van der Waals surface area (Å²) in [5.74, 6) is -0.256. The molecule has 0 atom stereocenters. The number of ether oxygens (including phenoxy) is 3. The van der Waals surface area contributed by atoms with E-state index in [0.717, 1.165) is 6.42 Å². The molecule has 120 valence electrons. The van der Waals surface area contributed by atoms with Gasteiger partial charge in [0.1, 0.15) is 4.32 Å². The number of carbonyl (C=O) groups is 1. The number of halogens is 1. The number of esters is 1. The molecule has 0 aliphatic carbocycles. The van der Waals surface area contributed by atoms with Crippen molar-refractivity contribution in [1.82, 2.24) is 0 Å². The van der Waals surface area contributed by atoms with E-state index < -0.39 is 4.32 Å². The average molecular weight is 353 g/mol. The van der Waals surface area contributed by atoms with Gasteiger partial charge in [-0.1, -0.05) is 15.9 Å². The van der Waals surface area contributed by atoms with Crippen LogP contribution in [0.5, 0.6) is 0 Å². The van der Waals surface area contributed by atoms with Crippen molar-refractivity contribution < 1.29 is 19.0 Å². The summed E-state index contributed by atoms with van der Waals surface area (Å²) in [7, 11) is 1.70. The van der Waals surface area contributed by atoms with E-state index in [0.29, 0.717) is 19.6 Å². The largest absolute Gasteiger partial charge is 0.465 e. The van der Waals surface area contributed by atoms with Crippen molar-refractivity contribution in [2.24, 2.45) is 0 Å². The molecule has 0 heterocycles. The van der Waals surface area contributed by atoms with Gasteiger partial charge in [-0.15, -0.1) is 0 Å². The molecule has 0 rings (SSSR count). The number of hydrogen-bond donors (Lipinski definition) is 0. The van der Waals surface area contributed by atoms with Crippen LogP contribution in [0.1, 0.15) is 54.4 Å². The van der Waals surface area contributed by atoms with Crippen LogP contribution >= 0.6 is 15.9 Å². The second-order valence-corrected chi connectivity index (χ2v) is 8.66. The van der Waals surface area contributed by atoms with Crippen molar-refractivity contribution in [3.8, 4) is 0 Å². The molecule has 0 aliphatic rings. The van der Waals surface area contributed by atoms with Gasteiger partial charge in [-0.2, -0.15) is 0 Å². The third-order valence-corrected chi connectivity index (χ3v) is 3.50. The van der Waals surface area contributed by atoms with Gasteiger partial charge >= 0.3 is 5.97 Å². The minimum atomic E-state index is -0.638. The fourth-order valence-electron chi connectivity index (χ4n) is 1.31. The lowest BCUT2D eigenvalue weighted by Crippen LogP contribution is -2.32. The zero-order chi connectivity index (χ0) is 16.0. The van der Waals surface area contributed by atoms with Crippen LogP contribution in [0, 0.1) is 0 Å². The first kappa shape index (κ1) is 19.9. The third-order valence-electron chi connectivity index (χ3n) is 3.17. The van der Waals surface area contributed by atoms with Gasteiger partial charge in [0.05, 0.1) is 24.4 Å². The van der Waals surface area contributed by atoms with E-state index in [2.05, 4.69) is 15.9 Å². The molecule has 20 heavy (non-hydrogen) atoms. The smallest absolute Gasteiger partial charge is 0.322 e. The lowest BCUT2D eigenvalue weighted by atomic mass is 10.0. The van der Waals surface area contributed by atoms with E-state index in [4.69, 9.17) is 14.2 Å². The molecule has 0 aromatic rings. The van der Waals surface area contributed by atoms with E-state index in [1.54, 1.807) is 21.0 Å². The Morgan fingerprint density at radius 3 is 1.90 bits per heavy atom. The summed E-state index contributed by atoms with van der Waals surface area (Å²) >= 11 is 3.28. The van der Waals surface area contributed by atoms with E-state index in [-0.39, 0.29) is 17.2 Å². The van der Waals surface area contributed by atoms with Crippen molar-refractivity contribution in [3.63, 3.8) is 0 Å². The van der Waals surface area contributed by atoms with E-state index in [9.17, 15) is 4.79 Å². The molecule has 0 radical (unpaired) electrons. The molecule has 0 aliphatic heterocycles. The Morgan fingerprint density at radius 2 is 1.45 bits per heavy atom. The second-order valence-electron chi connectivity index (χ2n) is 6.68. The maximum atomic E-state index is 11.6. The van der Waals surface area contributed by atoms with Gasteiger partial charge in [0.15, 0.2) is 0 Å². The topological polar surface area (TPSA) is 44.8 Å². The van der Waals surface area contributed by atoms with Crippen LogP contribution in [0.15, 0.2) is 0 Å². The predicted octanol–water partition coefficient (Wildman–Crippen LogP) is 3.70. The summed E-state index contributed by atoms with van der Waals surface area (Å²) < 4.78 is 15.8. The van der Waals surface area contributed by atoms with Crippen LogP contribution in [0.3, 0.4) is 0 Å². The van der Waals surface area contributed by atoms with Crippen LogP contribution in [0.2, 0.25) is 0 Å². The number of methoxy groups -OCH3 is 1. The van der Waals surface area contributed by atoms with Crippen LogP contribution in [0.4, 0.5) is 0 Å². The van der Waals surface area contributed by atoms with Gasteiger partial charge in [0.2, 0.25) is 0 Å². The second kappa shape index (κ2) is 7.76. The van der Waals surface area contributed by atoms with Crippen LogP contribution in [0.25, 0.3) is 0 Å². The van der Waals surface area contributed by atoms with Crippen LogP contribution in [-0.4, -0.2) is 41.8 Å². The quantitative estimate of drug-likeness (QED) is 0.468. The van der Waals surface area contributed by atoms with Crippen LogP contribution in [-0.2, 0) is 19.0 Å². The van der Waals surface area contributed by atoms with Crippen molar-refractivity contribution >= 4 is 21.9 Å². The lowest BCUT2D eigenvalue weighted by molar-refractivity contribution is -0.147. The van der Waals surface area contributed by atoms with E-state index >= 15 is 0 Å². The summed E-state index contributed by atoms with van der Waals surface area (Å²) in [6.07, 6.45) is 1.48. The molecule has 0 amide bonds. The van der Waals surface area contributed by atoms with Gasteiger partial charge in [-0.3, -0.25) is 4.79 Å². The summed E-state index contributed by atoms with van der Waals surface area (Å²) in [6.45, 7) is 12.6. The highest BCUT2D eigenvalue weighted by Gasteiger charge is 2.27.